The standard InChI is InChI=1S/C23H28FN3O4S/c1-16(22(29)25-23(2,3)4)26(13-18-7-5-6-8-20(18)24)21(28)15-32-14-17-9-11-19(12-10-17)27(30)31/h5-12,16H,13-15H2,1-4H3,(H,25,29)/t16-/m1/s1. The van der Waals surface area contributed by atoms with Crippen molar-refractivity contribution >= 4 is 29.3 Å². The lowest BCUT2D eigenvalue weighted by atomic mass is 10.1. The monoisotopic (exact) mass is 461 g/mol. The first-order valence-electron chi connectivity index (χ1n) is 10.1. The van der Waals surface area contributed by atoms with E-state index in [-0.39, 0.29) is 29.8 Å². The molecular weight excluding hydrogens is 433 g/mol. The van der Waals surface area contributed by atoms with Crippen LogP contribution in [-0.2, 0) is 21.9 Å². The zero-order valence-corrected chi connectivity index (χ0v) is 19.4. The summed E-state index contributed by atoms with van der Waals surface area (Å²) >= 11 is 1.33. The lowest BCUT2D eigenvalue weighted by Gasteiger charge is -2.31. The first kappa shape index (κ1) is 25.3. The second-order valence-electron chi connectivity index (χ2n) is 8.44. The largest absolute Gasteiger partial charge is 0.350 e. The molecule has 0 heterocycles. The molecule has 172 valence electrons. The van der Waals surface area contributed by atoms with Gasteiger partial charge in [0.15, 0.2) is 0 Å². The first-order chi connectivity index (χ1) is 15.0. The average molecular weight is 462 g/mol. The third-order valence-corrected chi connectivity index (χ3v) is 5.59. The van der Waals surface area contributed by atoms with E-state index in [1.807, 2.05) is 20.8 Å². The molecule has 1 N–H and O–H groups in total. The number of carbonyl (C=O) groups is 2. The second kappa shape index (κ2) is 11.1. The number of hydrogen-bond acceptors (Lipinski definition) is 5. The van der Waals surface area contributed by atoms with Gasteiger partial charge < -0.3 is 10.2 Å². The minimum Gasteiger partial charge on any atom is -0.350 e. The smallest absolute Gasteiger partial charge is 0.269 e. The predicted octanol–water partition coefficient (Wildman–Crippen LogP) is 4.30. The minimum atomic E-state index is -0.790. The number of nitrogens with zero attached hydrogens (tertiary/aromatic N) is 2. The van der Waals surface area contributed by atoms with E-state index in [9.17, 15) is 24.1 Å². The second-order valence-corrected chi connectivity index (χ2v) is 9.43. The molecule has 0 aliphatic heterocycles. The molecule has 0 saturated heterocycles. The van der Waals surface area contributed by atoms with Crippen LogP contribution >= 0.6 is 11.8 Å². The van der Waals surface area contributed by atoms with E-state index in [4.69, 9.17) is 0 Å². The van der Waals surface area contributed by atoms with E-state index < -0.39 is 22.3 Å². The zero-order chi connectivity index (χ0) is 23.9. The van der Waals surface area contributed by atoms with Gasteiger partial charge in [-0.15, -0.1) is 11.8 Å². The summed E-state index contributed by atoms with van der Waals surface area (Å²) < 4.78 is 14.2. The number of carbonyl (C=O) groups excluding carboxylic acids is 2. The van der Waals surface area contributed by atoms with Crippen molar-refractivity contribution in [2.45, 2.75) is 51.6 Å². The number of benzene rings is 2. The molecule has 0 radical (unpaired) electrons. The number of thioether (sulfide) groups is 1. The fraction of sp³-hybridized carbons (Fsp3) is 0.391. The molecule has 2 amide bonds. The number of nitro groups is 1. The van der Waals surface area contributed by atoms with Crippen LogP contribution in [0.25, 0.3) is 0 Å². The van der Waals surface area contributed by atoms with Crippen molar-refractivity contribution in [1.82, 2.24) is 10.2 Å². The Balaban J connectivity index is 2.09. The number of halogens is 1. The molecular formula is C23H28FN3O4S. The van der Waals surface area contributed by atoms with Gasteiger partial charge in [-0.05, 0) is 39.3 Å². The molecule has 7 nitrogen and oxygen atoms in total. The van der Waals surface area contributed by atoms with Gasteiger partial charge in [0, 0.05) is 35.5 Å². The summed E-state index contributed by atoms with van der Waals surface area (Å²) in [5.41, 5.74) is 0.705. The maximum Gasteiger partial charge on any atom is 0.269 e. The molecule has 2 aromatic rings. The molecule has 0 aliphatic carbocycles. The van der Waals surface area contributed by atoms with Gasteiger partial charge >= 0.3 is 0 Å². The lowest BCUT2D eigenvalue weighted by Crippen LogP contribution is -2.52. The Labute approximate surface area is 191 Å². The fourth-order valence-electron chi connectivity index (χ4n) is 2.92. The highest BCUT2D eigenvalue weighted by Crippen LogP contribution is 2.19. The number of nitrogens with one attached hydrogen (secondary N) is 1. The van der Waals surface area contributed by atoms with Gasteiger partial charge in [0.05, 0.1) is 10.7 Å². The van der Waals surface area contributed by atoms with Crippen molar-refractivity contribution in [2.75, 3.05) is 5.75 Å². The van der Waals surface area contributed by atoms with Crippen LogP contribution in [0, 0.1) is 15.9 Å². The summed E-state index contributed by atoms with van der Waals surface area (Å²) in [6, 6.07) is 11.5. The van der Waals surface area contributed by atoms with E-state index in [1.54, 1.807) is 37.3 Å². The molecule has 32 heavy (non-hydrogen) atoms. The summed E-state index contributed by atoms with van der Waals surface area (Å²) in [5, 5.41) is 13.6. The topological polar surface area (TPSA) is 92.6 Å². The molecule has 1 atom stereocenters. The van der Waals surface area contributed by atoms with Crippen LogP contribution in [0.5, 0.6) is 0 Å². The SMILES string of the molecule is C[C@H](C(=O)NC(C)(C)C)N(Cc1ccccc1F)C(=O)CSCc1ccc([N+](=O)[O-])cc1. The molecule has 2 rings (SSSR count). The van der Waals surface area contributed by atoms with Crippen LogP contribution in [-0.4, -0.2) is 39.0 Å². The maximum atomic E-state index is 14.2. The molecule has 0 aliphatic rings. The molecule has 0 fully saturated rings. The number of non-ortho nitro benzene ring substituents is 1. The Hall–Kier alpha value is -2.94. The summed E-state index contributed by atoms with van der Waals surface area (Å²) in [6.07, 6.45) is 0. The van der Waals surface area contributed by atoms with Crippen molar-refractivity contribution in [1.29, 1.82) is 0 Å². The van der Waals surface area contributed by atoms with Crippen molar-refractivity contribution in [3.63, 3.8) is 0 Å². The van der Waals surface area contributed by atoms with E-state index >= 15 is 0 Å². The third-order valence-electron chi connectivity index (χ3n) is 4.61. The lowest BCUT2D eigenvalue weighted by molar-refractivity contribution is -0.384. The number of nitro benzene ring substituents is 1. The highest BCUT2D eigenvalue weighted by molar-refractivity contribution is 7.99. The quantitative estimate of drug-likeness (QED) is 0.444. The fourth-order valence-corrected chi connectivity index (χ4v) is 3.79. The molecule has 9 heteroatoms. The van der Waals surface area contributed by atoms with E-state index in [0.717, 1.165) is 5.56 Å². The van der Waals surface area contributed by atoms with Gasteiger partial charge in [-0.25, -0.2) is 4.39 Å². The molecule has 2 aromatic carbocycles. The van der Waals surface area contributed by atoms with Gasteiger partial charge in [0.1, 0.15) is 11.9 Å². The molecule has 0 bridgehead atoms. The number of amides is 2. The summed E-state index contributed by atoms with van der Waals surface area (Å²) in [5.74, 6) is -0.496. The Morgan fingerprint density at radius 2 is 1.78 bits per heavy atom. The molecule has 0 saturated carbocycles. The number of rotatable bonds is 9. The molecule has 0 aromatic heterocycles. The normalized spacial score (nSPS) is 12.2. The van der Waals surface area contributed by atoms with Crippen LogP contribution in [0.15, 0.2) is 48.5 Å². The summed E-state index contributed by atoms with van der Waals surface area (Å²) in [6.45, 7) is 7.14. The number of hydrogen-bond donors (Lipinski definition) is 1. The molecule has 0 spiro atoms. The van der Waals surface area contributed by atoms with Gasteiger partial charge in [-0.3, -0.25) is 19.7 Å². The van der Waals surface area contributed by atoms with Crippen molar-refractivity contribution in [3.8, 4) is 0 Å². The zero-order valence-electron chi connectivity index (χ0n) is 18.6. The maximum absolute atomic E-state index is 14.2. The predicted molar refractivity (Wildman–Crippen MR) is 124 cm³/mol. The van der Waals surface area contributed by atoms with Crippen molar-refractivity contribution in [3.05, 3.63) is 75.6 Å². The van der Waals surface area contributed by atoms with Gasteiger partial charge in [0.2, 0.25) is 11.8 Å². The van der Waals surface area contributed by atoms with E-state index in [2.05, 4.69) is 5.32 Å². The van der Waals surface area contributed by atoms with Crippen LogP contribution in [0.4, 0.5) is 10.1 Å². The Kier molecular flexibility index (Phi) is 8.77. The summed E-state index contributed by atoms with van der Waals surface area (Å²) in [7, 11) is 0. The van der Waals surface area contributed by atoms with Gasteiger partial charge in [-0.1, -0.05) is 30.3 Å². The highest BCUT2D eigenvalue weighted by atomic mass is 32.2. The van der Waals surface area contributed by atoms with Crippen LogP contribution in [0.3, 0.4) is 0 Å². The van der Waals surface area contributed by atoms with Crippen LogP contribution in [0.2, 0.25) is 0 Å². The van der Waals surface area contributed by atoms with E-state index in [1.165, 1.54) is 34.9 Å². The van der Waals surface area contributed by atoms with Crippen LogP contribution in [0.1, 0.15) is 38.8 Å². The Morgan fingerprint density at radius 1 is 1.16 bits per heavy atom. The Morgan fingerprint density at radius 3 is 2.34 bits per heavy atom. The Bertz CT molecular complexity index is 960. The van der Waals surface area contributed by atoms with Crippen LogP contribution < -0.4 is 5.32 Å². The third kappa shape index (κ3) is 7.64. The van der Waals surface area contributed by atoms with Crippen molar-refractivity contribution < 1.29 is 18.9 Å². The van der Waals surface area contributed by atoms with Gasteiger partial charge in [0.25, 0.3) is 5.69 Å². The molecule has 0 unspecified atom stereocenters. The first-order valence-corrected chi connectivity index (χ1v) is 11.3. The highest BCUT2D eigenvalue weighted by Gasteiger charge is 2.28. The minimum absolute atomic E-state index is 0.00424. The van der Waals surface area contributed by atoms with E-state index in [0.29, 0.717) is 11.3 Å². The average Bonchev–Trinajstić information content (AvgIpc) is 2.71. The summed E-state index contributed by atoms with van der Waals surface area (Å²) in [4.78, 5) is 37.4. The van der Waals surface area contributed by atoms with Crippen molar-refractivity contribution in [2.24, 2.45) is 0 Å². The van der Waals surface area contributed by atoms with Gasteiger partial charge in [-0.2, -0.15) is 0 Å².